The van der Waals surface area contributed by atoms with Crippen LogP contribution in [0.15, 0.2) is 30.3 Å². The molecule has 134 valence electrons. The highest BCUT2D eigenvalue weighted by atomic mass is 16.5. The van der Waals surface area contributed by atoms with Crippen molar-refractivity contribution in [1.82, 2.24) is 9.80 Å². The summed E-state index contributed by atoms with van der Waals surface area (Å²) in [5, 5.41) is 0. The molecule has 4 rings (SSSR count). The number of ether oxygens (including phenoxy) is 1. The molecule has 0 aromatic heterocycles. The van der Waals surface area contributed by atoms with Gasteiger partial charge in [-0.2, -0.15) is 0 Å². The zero-order chi connectivity index (χ0) is 17.3. The predicted molar refractivity (Wildman–Crippen MR) is 93.8 cm³/mol. The Hall–Kier alpha value is -1.88. The molecule has 1 aromatic carbocycles. The number of carbonyl (C=O) groups is 2. The first-order valence-electron chi connectivity index (χ1n) is 9.44. The minimum atomic E-state index is -0.273. The van der Waals surface area contributed by atoms with Gasteiger partial charge in [-0.1, -0.05) is 49.6 Å². The number of amides is 2. The van der Waals surface area contributed by atoms with Gasteiger partial charge in [-0.3, -0.25) is 9.59 Å². The van der Waals surface area contributed by atoms with E-state index in [0.29, 0.717) is 26.3 Å². The van der Waals surface area contributed by atoms with E-state index in [9.17, 15) is 9.59 Å². The van der Waals surface area contributed by atoms with Gasteiger partial charge >= 0.3 is 0 Å². The number of benzene rings is 1. The zero-order valence-electron chi connectivity index (χ0n) is 14.7. The van der Waals surface area contributed by atoms with Crippen molar-refractivity contribution >= 4 is 11.8 Å². The molecule has 1 unspecified atom stereocenters. The summed E-state index contributed by atoms with van der Waals surface area (Å²) in [6, 6.07) is 10.3. The summed E-state index contributed by atoms with van der Waals surface area (Å²) in [4.78, 5) is 29.4. The lowest BCUT2D eigenvalue weighted by Crippen LogP contribution is -2.65. The maximum atomic E-state index is 13.1. The number of carbonyl (C=O) groups excluding carboxylic acids is 2. The van der Waals surface area contributed by atoms with Gasteiger partial charge in [0.05, 0.1) is 24.7 Å². The summed E-state index contributed by atoms with van der Waals surface area (Å²) in [7, 11) is 0. The SMILES string of the molecule is O=C(CN1C(=O)C2(CCCCC2)C1c1ccccc1)N1CCOCC1. The summed E-state index contributed by atoms with van der Waals surface area (Å²) in [5.41, 5.74) is 0.893. The summed E-state index contributed by atoms with van der Waals surface area (Å²) < 4.78 is 5.32. The largest absolute Gasteiger partial charge is 0.378 e. The highest BCUT2D eigenvalue weighted by Crippen LogP contribution is 2.57. The van der Waals surface area contributed by atoms with E-state index in [1.54, 1.807) is 0 Å². The summed E-state index contributed by atoms with van der Waals surface area (Å²) in [6.45, 7) is 2.63. The Morgan fingerprint density at radius 3 is 2.44 bits per heavy atom. The van der Waals surface area contributed by atoms with Crippen molar-refractivity contribution in [2.45, 2.75) is 38.1 Å². The fourth-order valence-corrected chi connectivity index (χ4v) is 4.78. The quantitative estimate of drug-likeness (QED) is 0.793. The summed E-state index contributed by atoms with van der Waals surface area (Å²) in [5.74, 6) is 0.228. The Balaban J connectivity index is 1.56. The number of rotatable bonds is 3. The van der Waals surface area contributed by atoms with E-state index in [1.165, 1.54) is 12.0 Å². The monoisotopic (exact) mass is 342 g/mol. The minimum Gasteiger partial charge on any atom is -0.378 e. The average Bonchev–Trinajstić information content (AvgIpc) is 2.69. The van der Waals surface area contributed by atoms with E-state index >= 15 is 0 Å². The normalized spacial score (nSPS) is 25.8. The molecule has 1 spiro atoms. The predicted octanol–water partition coefficient (Wildman–Crippen LogP) is 2.38. The molecule has 2 aliphatic heterocycles. The molecule has 1 aliphatic carbocycles. The smallest absolute Gasteiger partial charge is 0.242 e. The molecule has 3 fully saturated rings. The third-order valence-corrected chi connectivity index (χ3v) is 6.05. The van der Waals surface area contributed by atoms with Crippen molar-refractivity contribution in [2.24, 2.45) is 5.41 Å². The fraction of sp³-hybridized carbons (Fsp3) is 0.600. The van der Waals surface area contributed by atoms with Gasteiger partial charge in [0.1, 0.15) is 6.54 Å². The van der Waals surface area contributed by atoms with E-state index in [-0.39, 0.29) is 29.8 Å². The molecule has 0 bridgehead atoms. The molecule has 25 heavy (non-hydrogen) atoms. The van der Waals surface area contributed by atoms with Gasteiger partial charge in [0.25, 0.3) is 0 Å². The molecular weight excluding hydrogens is 316 g/mol. The lowest BCUT2D eigenvalue weighted by atomic mass is 9.60. The van der Waals surface area contributed by atoms with Crippen LogP contribution in [0.1, 0.15) is 43.7 Å². The molecule has 1 atom stereocenters. The average molecular weight is 342 g/mol. The number of morpholine rings is 1. The van der Waals surface area contributed by atoms with Gasteiger partial charge in [-0.25, -0.2) is 0 Å². The van der Waals surface area contributed by atoms with Crippen LogP contribution in [0.3, 0.4) is 0 Å². The second kappa shape index (κ2) is 6.79. The molecule has 1 saturated carbocycles. The molecule has 1 aromatic rings. The standard InChI is InChI=1S/C20H26N2O3/c23-17(21-11-13-25-14-12-21)15-22-18(16-7-3-1-4-8-16)20(19(22)24)9-5-2-6-10-20/h1,3-4,7-8,18H,2,5-6,9-15H2. The third kappa shape index (κ3) is 2.84. The lowest BCUT2D eigenvalue weighted by Gasteiger charge is -2.58. The van der Waals surface area contributed by atoms with Crippen molar-refractivity contribution in [3.8, 4) is 0 Å². The van der Waals surface area contributed by atoms with Crippen LogP contribution in [0.2, 0.25) is 0 Å². The van der Waals surface area contributed by atoms with Crippen LogP contribution in [0.4, 0.5) is 0 Å². The molecule has 2 heterocycles. The molecule has 5 nitrogen and oxygen atoms in total. The molecule has 3 aliphatic rings. The zero-order valence-corrected chi connectivity index (χ0v) is 14.7. The highest BCUT2D eigenvalue weighted by Gasteiger charge is 2.60. The molecule has 5 heteroatoms. The van der Waals surface area contributed by atoms with Gasteiger partial charge in [0.2, 0.25) is 11.8 Å². The lowest BCUT2D eigenvalue weighted by molar-refractivity contribution is -0.181. The fourth-order valence-electron chi connectivity index (χ4n) is 4.78. The van der Waals surface area contributed by atoms with Crippen LogP contribution >= 0.6 is 0 Å². The van der Waals surface area contributed by atoms with E-state index in [2.05, 4.69) is 12.1 Å². The number of β-lactam (4-membered cyclic amide) rings is 1. The first kappa shape index (κ1) is 16.6. The van der Waals surface area contributed by atoms with Gasteiger partial charge < -0.3 is 14.5 Å². The van der Waals surface area contributed by atoms with Crippen LogP contribution < -0.4 is 0 Å². The molecule has 0 radical (unpaired) electrons. The third-order valence-electron chi connectivity index (χ3n) is 6.05. The van der Waals surface area contributed by atoms with Crippen LogP contribution in [-0.4, -0.2) is 54.5 Å². The maximum Gasteiger partial charge on any atom is 0.242 e. The minimum absolute atomic E-state index is 0.0447. The topological polar surface area (TPSA) is 49.9 Å². The molecular formula is C20H26N2O3. The van der Waals surface area contributed by atoms with Crippen LogP contribution in [0.5, 0.6) is 0 Å². The van der Waals surface area contributed by atoms with Gasteiger partial charge in [0.15, 0.2) is 0 Å². The number of likely N-dealkylation sites (tertiary alicyclic amines) is 1. The second-order valence-corrected chi connectivity index (χ2v) is 7.46. The molecule has 2 saturated heterocycles. The van der Waals surface area contributed by atoms with Gasteiger partial charge in [0, 0.05) is 13.1 Å². The Morgan fingerprint density at radius 1 is 1.08 bits per heavy atom. The highest BCUT2D eigenvalue weighted by molar-refractivity contribution is 5.94. The van der Waals surface area contributed by atoms with Crippen LogP contribution in [0.25, 0.3) is 0 Å². The summed E-state index contributed by atoms with van der Waals surface area (Å²) >= 11 is 0. The Labute approximate surface area is 148 Å². The Bertz CT molecular complexity index is 634. The van der Waals surface area contributed by atoms with Gasteiger partial charge in [-0.15, -0.1) is 0 Å². The van der Waals surface area contributed by atoms with Crippen molar-refractivity contribution < 1.29 is 14.3 Å². The van der Waals surface area contributed by atoms with Crippen LogP contribution in [-0.2, 0) is 14.3 Å². The van der Waals surface area contributed by atoms with E-state index in [4.69, 9.17) is 4.74 Å². The second-order valence-electron chi connectivity index (χ2n) is 7.46. The van der Waals surface area contributed by atoms with Crippen molar-refractivity contribution in [3.63, 3.8) is 0 Å². The van der Waals surface area contributed by atoms with Gasteiger partial charge in [-0.05, 0) is 18.4 Å². The van der Waals surface area contributed by atoms with E-state index < -0.39 is 0 Å². The Morgan fingerprint density at radius 2 is 1.76 bits per heavy atom. The molecule has 2 amide bonds. The van der Waals surface area contributed by atoms with Crippen molar-refractivity contribution in [1.29, 1.82) is 0 Å². The first-order valence-corrected chi connectivity index (χ1v) is 9.44. The molecule has 0 N–H and O–H groups in total. The van der Waals surface area contributed by atoms with Crippen molar-refractivity contribution in [2.75, 3.05) is 32.8 Å². The van der Waals surface area contributed by atoms with Crippen LogP contribution in [0, 0.1) is 5.41 Å². The first-order chi connectivity index (χ1) is 12.2. The van der Waals surface area contributed by atoms with E-state index in [1.807, 2.05) is 28.0 Å². The number of nitrogens with zero attached hydrogens (tertiary/aromatic N) is 2. The van der Waals surface area contributed by atoms with Crippen molar-refractivity contribution in [3.05, 3.63) is 35.9 Å². The number of hydrogen-bond donors (Lipinski definition) is 0. The van der Waals surface area contributed by atoms with E-state index in [0.717, 1.165) is 25.7 Å². The maximum absolute atomic E-state index is 13.1. The Kier molecular flexibility index (Phi) is 4.50. The summed E-state index contributed by atoms with van der Waals surface area (Å²) in [6.07, 6.45) is 5.34. The number of hydrogen-bond acceptors (Lipinski definition) is 3.